The van der Waals surface area contributed by atoms with E-state index < -0.39 is 0 Å². The van der Waals surface area contributed by atoms with Gasteiger partial charge in [0.2, 0.25) is 0 Å². The topological polar surface area (TPSA) is 88.3 Å². The molecule has 0 spiro atoms. The maximum absolute atomic E-state index is 12.7. The van der Waals surface area contributed by atoms with Crippen LogP contribution < -0.4 is 15.4 Å². The molecule has 2 aromatic carbocycles. The van der Waals surface area contributed by atoms with Gasteiger partial charge in [-0.3, -0.25) is 5.10 Å². The molecule has 150 valence electrons. The van der Waals surface area contributed by atoms with Crippen molar-refractivity contribution in [2.75, 3.05) is 31.0 Å². The van der Waals surface area contributed by atoms with Gasteiger partial charge in [0.15, 0.2) is 0 Å². The maximum Gasteiger partial charge on any atom is 0.323 e. The molecular formula is C22H24N4O3. The third-order valence-corrected chi connectivity index (χ3v) is 5.06. The molecule has 7 nitrogen and oxygen atoms in total. The second-order valence-electron chi connectivity index (χ2n) is 6.92. The highest BCUT2D eigenvalue weighted by Gasteiger charge is 2.25. The fourth-order valence-electron chi connectivity index (χ4n) is 3.52. The van der Waals surface area contributed by atoms with Gasteiger partial charge in [0.25, 0.3) is 0 Å². The summed E-state index contributed by atoms with van der Waals surface area (Å²) in [7, 11) is 1.61. The lowest BCUT2D eigenvalue weighted by Gasteiger charge is -2.22. The number of H-pyrrole nitrogens is 1. The van der Waals surface area contributed by atoms with Crippen LogP contribution in [0.15, 0.2) is 54.6 Å². The molecule has 0 aliphatic carbocycles. The second-order valence-corrected chi connectivity index (χ2v) is 6.92. The van der Waals surface area contributed by atoms with Crippen molar-refractivity contribution in [3.8, 4) is 17.0 Å². The van der Waals surface area contributed by atoms with E-state index in [1.54, 1.807) is 31.4 Å². The average Bonchev–Trinajstić information content (AvgIpc) is 3.19. The molecule has 1 saturated heterocycles. The van der Waals surface area contributed by atoms with Gasteiger partial charge in [-0.1, -0.05) is 30.3 Å². The number of rotatable bonds is 5. The number of methoxy groups -OCH3 is 1. The predicted octanol–water partition coefficient (Wildman–Crippen LogP) is 4.62. The van der Waals surface area contributed by atoms with Crippen LogP contribution in [0.3, 0.4) is 0 Å². The number of nitrogens with one attached hydrogen (secondary N) is 3. The summed E-state index contributed by atoms with van der Waals surface area (Å²) in [5.41, 5.74) is 4.02. The molecule has 3 aromatic rings. The summed E-state index contributed by atoms with van der Waals surface area (Å²) in [6, 6.07) is 16.7. The van der Waals surface area contributed by atoms with Crippen LogP contribution in [0.5, 0.6) is 5.75 Å². The summed E-state index contributed by atoms with van der Waals surface area (Å²) in [5.74, 6) is 1.00. The van der Waals surface area contributed by atoms with E-state index in [2.05, 4.69) is 20.8 Å². The van der Waals surface area contributed by atoms with Crippen LogP contribution in [0.2, 0.25) is 0 Å². The molecule has 3 N–H and O–H groups in total. The lowest BCUT2D eigenvalue weighted by molar-refractivity contribution is 0.0846. The first-order chi connectivity index (χ1) is 14.2. The smallest absolute Gasteiger partial charge is 0.323 e. The van der Waals surface area contributed by atoms with E-state index in [1.807, 2.05) is 30.3 Å². The van der Waals surface area contributed by atoms with Crippen molar-refractivity contribution in [1.29, 1.82) is 0 Å². The van der Waals surface area contributed by atoms with E-state index in [-0.39, 0.29) is 11.9 Å². The number of anilines is 2. The van der Waals surface area contributed by atoms with Crippen LogP contribution in [0.4, 0.5) is 16.2 Å². The number of ether oxygens (including phenoxy) is 2. The second kappa shape index (κ2) is 8.79. The molecule has 0 unspecified atom stereocenters. The number of amides is 2. The van der Waals surface area contributed by atoms with Crippen molar-refractivity contribution >= 4 is 17.4 Å². The first kappa shape index (κ1) is 19.0. The van der Waals surface area contributed by atoms with E-state index in [0.29, 0.717) is 24.6 Å². The van der Waals surface area contributed by atoms with Crippen molar-refractivity contribution in [3.05, 3.63) is 60.3 Å². The van der Waals surface area contributed by atoms with E-state index in [1.165, 1.54) is 0 Å². The van der Waals surface area contributed by atoms with Gasteiger partial charge in [-0.15, -0.1) is 0 Å². The van der Waals surface area contributed by atoms with Gasteiger partial charge >= 0.3 is 6.03 Å². The Bertz CT molecular complexity index is 948. The zero-order valence-corrected chi connectivity index (χ0v) is 16.3. The van der Waals surface area contributed by atoms with Crippen LogP contribution in [0.25, 0.3) is 11.3 Å². The Hall–Kier alpha value is -3.32. The first-order valence-corrected chi connectivity index (χ1v) is 9.68. The largest absolute Gasteiger partial charge is 0.497 e. The van der Waals surface area contributed by atoms with E-state index >= 15 is 0 Å². The van der Waals surface area contributed by atoms with Gasteiger partial charge in [0.1, 0.15) is 11.4 Å². The number of aromatic nitrogens is 2. The minimum atomic E-state index is -0.318. The fourth-order valence-corrected chi connectivity index (χ4v) is 3.52. The van der Waals surface area contributed by atoms with Crippen molar-refractivity contribution in [3.63, 3.8) is 0 Å². The Morgan fingerprint density at radius 3 is 2.48 bits per heavy atom. The number of aromatic amines is 1. The molecule has 2 amide bonds. The van der Waals surface area contributed by atoms with Gasteiger partial charge in [-0.2, -0.15) is 5.10 Å². The zero-order valence-electron chi connectivity index (χ0n) is 16.3. The Balaban J connectivity index is 1.59. The molecule has 0 atom stereocenters. The Labute approximate surface area is 169 Å². The predicted molar refractivity (Wildman–Crippen MR) is 112 cm³/mol. The number of hydrogen-bond donors (Lipinski definition) is 3. The molecule has 2 heterocycles. The summed E-state index contributed by atoms with van der Waals surface area (Å²) in [6.07, 6.45) is 1.79. The highest BCUT2D eigenvalue weighted by Crippen LogP contribution is 2.36. The number of nitrogens with zero attached hydrogens (tertiary/aromatic N) is 1. The summed E-state index contributed by atoms with van der Waals surface area (Å²) in [6.45, 7) is 1.42. The van der Waals surface area contributed by atoms with Crippen molar-refractivity contribution in [2.45, 2.75) is 18.8 Å². The number of benzene rings is 2. The molecule has 0 radical (unpaired) electrons. The minimum absolute atomic E-state index is 0.269. The molecule has 1 fully saturated rings. The monoisotopic (exact) mass is 392 g/mol. The van der Waals surface area contributed by atoms with E-state index in [0.717, 1.165) is 35.5 Å². The van der Waals surface area contributed by atoms with Gasteiger partial charge in [-0.05, 0) is 37.1 Å². The van der Waals surface area contributed by atoms with Gasteiger partial charge in [0, 0.05) is 30.4 Å². The molecule has 29 heavy (non-hydrogen) atoms. The highest BCUT2D eigenvalue weighted by atomic mass is 16.5. The van der Waals surface area contributed by atoms with Crippen LogP contribution in [0.1, 0.15) is 24.5 Å². The minimum Gasteiger partial charge on any atom is -0.497 e. The fraction of sp³-hybridized carbons (Fsp3) is 0.273. The number of carbonyl (C=O) groups is 1. The normalized spacial score (nSPS) is 14.4. The molecule has 0 saturated carbocycles. The zero-order chi connectivity index (χ0) is 20.1. The SMILES string of the molecule is COc1ccc(NC(=O)Nc2c(-c3ccccc3)n[nH]c2C2CCOCC2)cc1. The quantitative estimate of drug-likeness (QED) is 0.591. The number of hydrogen-bond acceptors (Lipinski definition) is 4. The Morgan fingerprint density at radius 1 is 1.07 bits per heavy atom. The molecule has 1 aromatic heterocycles. The first-order valence-electron chi connectivity index (χ1n) is 9.68. The van der Waals surface area contributed by atoms with E-state index in [9.17, 15) is 4.79 Å². The van der Waals surface area contributed by atoms with Gasteiger partial charge in [0.05, 0.1) is 18.5 Å². The molecule has 7 heteroatoms. The van der Waals surface area contributed by atoms with Crippen LogP contribution in [-0.4, -0.2) is 36.6 Å². The van der Waals surface area contributed by atoms with Crippen molar-refractivity contribution in [1.82, 2.24) is 10.2 Å². The lowest BCUT2D eigenvalue weighted by atomic mass is 9.94. The molecular weight excluding hydrogens is 368 g/mol. The average molecular weight is 392 g/mol. The van der Waals surface area contributed by atoms with Crippen LogP contribution >= 0.6 is 0 Å². The molecule has 4 rings (SSSR count). The molecule has 0 bridgehead atoms. The van der Waals surface area contributed by atoms with Crippen LogP contribution in [-0.2, 0) is 4.74 Å². The summed E-state index contributed by atoms with van der Waals surface area (Å²) in [5, 5.41) is 13.6. The van der Waals surface area contributed by atoms with E-state index in [4.69, 9.17) is 9.47 Å². The maximum atomic E-state index is 12.7. The summed E-state index contributed by atoms with van der Waals surface area (Å²) >= 11 is 0. The molecule has 1 aliphatic heterocycles. The highest BCUT2D eigenvalue weighted by molar-refractivity contribution is 6.02. The van der Waals surface area contributed by atoms with Crippen molar-refractivity contribution in [2.24, 2.45) is 0 Å². The van der Waals surface area contributed by atoms with Crippen LogP contribution in [0, 0.1) is 0 Å². The summed E-state index contributed by atoms with van der Waals surface area (Å²) in [4.78, 5) is 12.7. The Kier molecular flexibility index (Phi) is 5.76. The number of carbonyl (C=O) groups excluding carboxylic acids is 1. The lowest BCUT2D eigenvalue weighted by Crippen LogP contribution is -2.22. The molecule has 1 aliphatic rings. The van der Waals surface area contributed by atoms with Gasteiger partial charge in [-0.25, -0.2) is 4.79 Å². The van der Waals surface area contributed by atoms with Crippen molar-refractivity contribution < 1.29 is 14.3 Å². The number of urea groups is 1. The van der Waals surface area contributed by atoms with Gasteiger partial charge < -0.3 is 20.1 Å². The standard InChI is InChI=1S/C22H24N4O3/c1-28-18-9-7-17(8-10-18)23-22(27)24-21-19(15-5-3-2-4-6-15)25-26-20(21)16-11-13-29-14-12-16/h2-10,16H,11-14H2,1H3,(H,25,26)(H2,23,24,27). The summed E-state index contributed by atoms with van der Waals surface area (Å²) < 4.78 is 10.6. The Morgan fingerprint density at radius 2 is 1.79 bits per heavy atom. The third kappa shape index (κ3) is 4.41. The third-order valence-electron chi connectivity index (χ3n) is 5.06.